The smallest absolute Gasteiger partial charge is 0.322 e. The van der Waals surface area contributed by atoms with Crippen molar-refractivity contribution >= 4 is 52.4 Å². The Morgan fingerprint density at radius 2 is 1.74 bits per heavy atom. The van der Waals surface area contributed by atoms with Crippen molar-refractivity contribution < 1.29 is 4.74 Å². The van der Waals surface area contributed by atoms with Crippen LogP contribution in [0.25, 0.3) is 0 Å². The molecule has 3 N–H and O–H groups in total. The molecule has 0 amide bonds. The van der Waals surface area contributed by atoms with Crippen molar-refractivity contribution in [2.75, 3.05) is 18.2 Å². The third-order valence-corrected chi connectivity index (χ3v) is 3.11. The fraction of sp³-hybridized carbons (Fsp3) is 0.100. The molecule has 0 aliphatic rings. The number of hydrogen-bond donors (Lipinski definition) is 2. The first kappa shape index (κ1) is 13.9. The zero-order valence-corrected chi connectivity index (χ0v) is 11.9. The monoisotopic (exact) mass is 319 g/mol. The third-order valence-electron chi connectivity index (χ3n) is 2.07. The molecule has 6 nitrogen and oxygen atoms in total. The molecule has 0 spiro atoms. The highest BCUT2D eigenvalue weighted by molar-refractivity contribution is 6.44. The molecule has 0 saturated heterocycles. The van der Waals surface area contributed by atoms with Gasteiger partial charge in [0.05, 0.1) is 27.9 Å². The summed E-state index contributed by atoms with van der Waals surface area (Å²) < 4.78 is 4.88. The minimum absolute atomic E-state index is 0.0190. The molecule has 0 fully saturated rings. The molecule has 1 aromatic heterocycles. The van der Waals surface area contributed by atoms with Gasteiger partial charge in [0.15, 0.2) is 0 Å². The van der Waals surface area contributed by atoms with Crippen molar-refractivity contribution in [3.8, 4) is 6.01 Å². The molecule has 0 bridgehead atoms. The topological polar surface area (TPSA) is 86.0 Å². The van der Waals surface area contributed by atoms with E-state index in [2.05, 4.69) is 20.3 Å². The van der Waals surface area contributed by atoms with Crippen LogP contribution in [0, 0.1) is 0 Å². The molecule has 1 aromatic carbocycles. The van der Waals surface area contributed by atoms with E-state index in [1.807, 2.05) is 0 Å². The maximum absolute atomic E-state index is 6.03. The van der Waals surface area contributed by atoms with Gasteiger partial charge in [-0.3, -0.25) is 0 Å². The van der Waals surface area contributed by atoms with Gasteiger partial charge < -0.3 is 15.8 Å². The van der Waals surface area contributed by atoms with Crippen molar-refractivity contribution in [2.45, 2.75) is 0 Å². The van der Waals surface area contributed by atoms with Crippen LogP contribution >= 0.6 is 34.8 Å². The average Bonchev–Trinajstić information content (AvgIpc) is 2.35. The van der Waals surface area contributed by atoms with Crippen LogP contribution in [0.2, 0.25) is 15.1 Å². The zero-order chi connectivity index (χ0) is 14.0. The lowest BCUT2D eigenvalue weighted by molar-refractivity contribution is 0.380. The van der Waals surface area contributed by atoms with Crippen molar-refractivity contribution in [2.24, 2.45) is 0 Å². The summed E-state index contributed by atoms with van der Waals surface area (Å²) in [6.07, 6.45) is 0. The summed E-state index contributed by atoms with van der Waals surface area (Å²) in [6.45, 7) is 0. The first-order chi connectivity index (χ1) is 8.99. The third kappa shape index (κ3) is 3.28. The maximum Gasteiger partial charge on any atom is 0.322 e. The lowest BCUT2D eigenvalue weighted by Crippen LogP contribution is -2.05. The van der Waals surface area contributed by atoms with Crippen LogP contribution in [0.15, 0.2) is 12.1 Å². The standard InChI is InChI=1S/C10H8Cl3N5O/c1-19-10-17-8(14)16-9(18-10)15-7-3-5(12)4(11)2-6(7)13/h2-3H,1H3,(H3,14,15,16,17,18). The van der Waals surface area contributed by atoms with Gasteiger partial charge in [0.2, 0.25) is 11.9 Å². The first-order valence-corrected chi connectivity index (χ1v) is 6.10. The number of hydrogen-bond acceptors (Lipinski definition) is 6. The Morgan fingerprint density at radius 3 is 2.42 bits per heavy atom. The molecule has 0 aliphatic heterocycles. The molecule has 0 atom stereocenters. The van der Waals surface area contributed by atoms with E-state index in [9.17, 15) is 0 Å². The van der Waals surface area contributed by atoms with E-state index in [0.29, 0.717) is 20.8 Å². The first-order valence-electron chi connectivity index (χ1n) is 4.96. The van der Waals surface area contributed by atoms with Gasteiger partial charge in [-0.2, -0.15) is 15.0 Å². The highest BCUT2D eigenvalue weighted by atomic mass is 35.5. The molecule has 100 valence electrons. The van der Waals surface area contributed by atoms with Gasteiger partial charge in [-0.15, -0.1) is 0 Å². The predicted molar refractivity (Wildman–Crippen MR) is 75.5 cm³/mol. The van der Waals surface area contributed by atoms with Gasteiger partial charge in [-0.05, 0) is 12.1 Å². The highest BCUT2D eigenvalue weighted by Gasteiger charge is 2.09. The molecule has 9 heteroatoms. The summed E-state index contributed by atoms with van der Waals surface area (Å²) in [6, 6.07) is 3.15. The molecule has 0 radical (unpaired) electrons. The second kappa shape index (κ2) is 5.64. The summed E-state index contributed by atoms with van der Waals surface area (Å²) in [5.74, 6) is 0.204. The summed E-state index contributed by atoms with van der Waals surface area (Å²) in [4.78, 5) is 11.6. The lowest BCUT2D eigenvalue weighted by atomic mass is 10.3. The summed E-state index contributed by atoms with van der Waals surface area (Å²) >= 11 is 17.8. The van der Waals surface area contributed by atoms with E-state index in [4.69, 9.17) is 45.3 Å². The van der Waals surface area contributed by atoms with Gasteiger partial charge in [0.1, 0.15) is 0 Å². The van der Waals surface area contributed by atoms with E-state index in [1.54, 1.807) is 6.07 Å². The number of benzene rings is 1. The number of halogens is 3. The zero-order valence-electron chi connectivity index (χ0n) is 9.62. The molecule has 2 rings (SSSR count). The van der Waals surface area contributed by atoms with Crippen LogP contribution in [-0.2, 0) is 0 Å². The molecular weight excluding hydrogens is 313 g/mol. The Hall–Kier alpha value is -1.50. The van der Waals surface area contributed by atoms with Gasteiger partial charge >= 0.3 is 6.01 Å². The van der Waals surface area contributed by atoms with E-state index >= 15 is 0 Å². The van der Waals surface area contributed by atoms with Crippen LogP contribution < -0.4 is 15.8 Å². The Morgan fingerprint density at radius 1 is 1.05 bits per heavy atom. The number of nitrogen functional groups attached to an aromatic ring is 1. The number of nitrogens with one attached hydrogen (secondary N) is 1. The number of nitrogens with two attached hydrogens (primary N) is 1. The largest absolute Gasteiger partial charge is 0.467 e. The fourth-order valence-corrected chi connectivity index (χ4v) is 1.85. The van der Waals surface area contributed by atoms with Crippen LogP contribution in [-0.4, -0.2) is 22.1 Å². The van der Waals surface area contributed by atoms with Gasteiger partial charge in [0.25, 0.3) is 0 Å². The number of methoxy groups -OCH3 is 1. The van der Waals surface area contributed by atoms with Crippen molar-refractivity contribution in [1.29, 1.82) is 0 Å². The van der Waals surface area contributed by atoms with Crippen molar-refractivity contribution in [3.63, 3.8) is 0 Å². The summed E-state index contributed by atoms with van der Waals surface area (Å²) in [7, 11) is 1.42. The molecule has 19 heavy (non-hydrogen) atoms. The quantitative estimate of drug-likeness (QED) is 0.845. The van der Waals surface area contributed by atoms with E-state index in [1.165, 1.54) is 13.2 Å². The Balaban J connectivity index is 2.36. The van der Waals surface area contributed by atoms with Gasteiger partial charge in [-0.1, -0.05) is 34.8 Å². The molecule has 0 aliphatic carbocycles. The Labute approximate surface area is 123 Å². The number of anilines is 3. The van der Waals surface area contributed by atoms with E-state index in [-0.39, 0.29) is 17.9 Å². The molecule has 2 aromatic rings. The Bertz CT molecular complexity index is 622. The summed E-state index contributed by atoms with van der Waals surface area (Å²) in [5, 5.41) is 3.93. The minimum Gasteiger partial charge on any atom is -0.467 e. The van der Waals surface area contributed by atoms with Gasteiger partial charge in [0, 0.05) is 0 Å². The second-order valence-electron chi connectivity index (χ2n) is 3.38. The highest BCUT2D eigenvalue weighted by Crippen LogP contribution is 2.33. The molecule has 0 unspecified atom stereocenters. The second-order valence-corrected chi connectivity index (χ2v) is 4.60. The van der Waals surface area contributed by atoms with Crippen LogP contribution in [0.1, 0.15) is 0 Å². The predicted octanol–water partition coefficient (Wildman–Crippen LogP) is 3.17. The van der Waals surface area contributed by atoms with Crippen LogP contribution in [0.5, 0.6) is 6.01 Å². The summed E-state index contributed by atoms with van der Waals surface area (Å²) in [5.41, 5.74) is 6.01. The van der Waals surface area contributed by atoms with Crippen LogP contribution in [0.3, 0.4) is 0 Å². The normalized spacial score (nSPS) is 10.3. The van der Waals surface area contributed by atoms with Crippen molar-refractivity contribution in [1.82, 2.24) is 15.0 Å². The number of rotatable bonds is 3. The molecular formula is C10H8Cl3N5O. The molecule has 1 heterocycles. The number of nitrogens with zero attached hydrogens (tertiary/aromatic N) is 3. The van der Waals surface area contributed by atoms with Crippen LogP contribution in [0.4, 0.5) is 17.6 Å². The molecule has 0 saturated carbocycles. The van der Waals surface area contributed by atoms with E-state index < -0.39 is 0 Å². The Kier molecular flexibility index (Phi) is 4.14. The lowest BCUT2D eigenvalue weighted by Gasteiger charge is -2.09. The number of aromatic nitrogens is 3. The fourth-order valence-electron chi connectivity index (χ4n) is 1.26. The SMILES string of the molecule is COc1nc(N)nc(Nc2cc(Cl)c(Cl)cc2Cl)n1. The maximum atomic E-state index is 6.03. The van der Waals surface area contributed by atoms with Gasteiger partial charge in [-0.25, -0.2) is 0 Å². The number of ether oxygens (including phenoxy) is 1. The van der Waals surface area contributed by atoms with E-state index in [0.717, 1.165) is 0 Å². The van der Waals surface area contributed by atoms with Crippen molar-refractivity contribution in [3.05, 3.63) is 27.2 Å². The average molecular weight is 321 g/mol. The minimum atomic E-state index is 0.0190.